The van der Waals surface area contributed by atoms with Gasteiger partial charge < -0.3 is 5.73 Å². The maximum absolute atomic E-state index is 13.4. The van der Waals surface area contributed by atoms with Crippen LogP contribution in [0.4, 0.5) is 18.9 Å². The number of aromatic nitrogens is 2. The summed E-state index contributed by atoms with van der Waals surface area (Å²) in [6.07, 6.45) is -2.57. The van der Waals surface area contributed by atoms with Crippen LogP contribution in [0.5, 0.6) is 0 Å². The van der Waals surface area contributed by atoms with Crippen LogP contribution in [0.2, 0.25) is 0 Å². The predicted molar refractivity (Wildman–Crippen MR) is 54.8 cm³/mol. The van der Waals surface area contributed by atoms with Crippen LogP contribution < -0.4 is 5.73 Å². The van der Waals surface area contributed by atoms with Crippen molar-refractivity contribution in [1.82, 2.24) is 9.78 Å². The van der Waals surface area contributed by atoms with Crippen LogP contribution in [-0.4, -0.2) is 16.2 Å². The number of rotatable bonds is 2. The molecule has 1 aromatic heterocycles. The number of fused-ring (bicyclic) bond motifs is 1. The third-order valence-electron chi connectivity index (χ3n) is 2.32. The Kier molecular flexibility index (Phi) is 2.49. The number of aryl methyl sites for hydroxylation is 1. The SMILES string of the molecule is Cc1cc(N)cc2c(F)nn(CC(F)F)c12. The van der Waals surface area contributed by atoms with Crippen LogP contribution in [0, 0.1) is 12.9 Å². The number of nitrogen functional groups attached to an aromatic ring is 1. The summed E-state index contributed by atoms with van der Waals surface area (Å²) in [6.45, 7) is 1.06. The Morgan fingerprint density at radius 1 is 1.44 bits per heavy atom. The molecule has 0 unspecified atom stereocenters. The summed E-state index contributed by atoms with van der Waals surface area (Å²) in [5, 5.41) is 3.63. The predicted octanol–water partition coefficient (Wildman–Crippen LogP) is 2.33. The van der Waals surface area contributed by atoms with Crippen molar-refractivity contribution >= 4 is 16.6 Å². The average Bonchev–Trinajstić information content (AvgIpc) is 2.42. The second-order valence-electron chi connectivity index (χ2n) is 3.60. The summed E-state index contributed by atoms with van der Waals surface area (Å²) in [6, 6.07) is 3.00. The lowest BCUT2D eigenvalue weighted by atomic mass is 10.1. The molecular weight excluding hydrogens is 219 g/mol. The molecule has 0 aliphatic heterocycles. The Morgan fingerprint density at radius 2 is 2.12 bits per heavy atom. The summed E-state index contributed by atoms with van der Waals surface area (Å²) >= 11 is 0. The minimum absolute atomic E-state index is 0.179. The van der Waals surface area contributed by atoms with Crippen molar-refractivity contribution in [3.8, 4) is 0 Å². The summed E-state index contributed by atoms with van der Waals surface area (Å²) in [5.41, 5.74) is 6.94. The van der Waals surface area contributed by atoms with Crippen molar-refractivity contribution < 1.29 is 13.2 Å². The molecule has 3 nitrogen and oxygen atoms in total. The van der Waals surface area contributed by atoms with Gasteiger partial charge in [-0.2, -0.15) is 4.39 Å². The fourth-order valence-corrected chi connectivity index (χ4v) is 1.78. The van der Waals surface area contributed by atoms with Gasteiger partial charge in [0.2, 0.25) is 5.95 Å². The van der Waals surface area contributed by atoms with Gasteiger partial charge in [0.1, 0.15) is 6.54 Å². The van der Waals surface area contributed by atoms with Gasteiger partial charge in [-0.25, -0.2) is 8.78 Å². The first kappa shape index (κ1) is 10.8. The Bertz CT molecular complexity index is 534. The van der Waals surface area contributed by atoms with Crippen molar-refractivity contribution in [2.24, 2.45) is 0 Å². The monoisotopic (exact) mass is 229 g/mol. The van der Waals surface area contributed by atoms with Gasteiger partial charge in [0, 0.05) is 5.69 Å². The molecule has 2 rings (SSSR count). The normalized spacial score (nSPS) is 11.6. The minimum atomic E-state index is -2.57. The zero-order valence-electron chi connectivity index (χ0n) is 8.54. The fraction of sp³-hybridized carbons (Fsp3) is 0.300. The standard InChI is InChI=1S/C10H10F3N3/c1-5-2-6(14)3-7-9(5)16(4-8(11)12)15-10(7)13/h2-3,8H,4,14H2,1H3. The lowest BCUT2D eigenvalue weighted by Crippen LogP contribution is -2.08. The highest BCUT2D eigenvalue weighted by Crippen LogP contribution is 2.24. The summed E-state index contributed by atoms with van der Waals surface area (Å²) in [4.78, 5) is 0. The third kappa shape index (κ3) is 1.70. The maximum atomic E-state index is 13.4. The Labute approximate surface area is 89.7 Å². The summed E-state index contributed by atoms with van der Waals surface area (Å²) in [7, 11) is 0. The van der Waals surface area contributed by atoms with Gasteiger partial charge in [0.15, 0.2) is 0 Å². The molecule has 0 spiro atoms. The van der Waals surface area contributed by atoms with Crippen LogP contribution >= 0.6 is 0 Å². The first-order valence-electron chi connectivity index (χ1n) is 4.69. The van der Waals surface area contributed by atoms with Gasteiger partial charge in [-0.1, -0.05) is 0 Å². The largest absolute Gasteiger partial charge is 0.399 e. The molecule has 2 aromatic rings. The van der Waals surface area contributed by atoms with Gasteiger partial charge in [0.25, 0.3) is 6.43 Å². The zero-order valence-corrected chi connectivity index (χ0v) is 8.54. The van der Waals surface area contributed by atoms with Crippen LogP contribution in [0.1, 0.15) is 5.56 Å². The van der Waals surface area contributed by atoms with Crippen molar-refractivity contribution in [3.05, 3.63) is 23.6 Å². The smallest absolute Gasteiger partial charge is 0.257 e. The van der Waals surface area contributed by atoms with E-state index >= 15 is 0 Å². The van der Waals surface area contributed by atoms with E-state index in [-0.39, 0.29) is 5.39 Å². The molecule has 86 valence electrons. The number of benzene rings is 1. The van der Waals surface area contributed by atoms with Crippen LogP contribution in [0.25, 0.3) is 10.9 Å². The molecule has 2 N–H and O–H groups in total. The Morgan fingerprint density at radius 3 is 2.75 bits per heavy atom. The van der Waals surface area contributed by atoms with E-state index in [0.717, 1.165) is 4.68 Å². The lowest BCUT2D eigenvalue weighted by molar-refractivity contribution is 0.123. The van der Waals surface area contributed by atoms with Crippen molar-refractivity contribution in [2.75, 3.05) is 5.73 Å². The van der Waals surface area contributed by atoms with E-state index in [0.29, 0.717) is 16.8 Å². The van der Waals surface area contributed by atoms with Gasteiger partial charge in [0.05, 0.1) is 10.9 Å². The Hall–Kier alpha value is -1.72. The van der Waals surface area contributed by atoms with E-state index in [1.807, 2.05) is 0 Å². The first-order valence-corrected chi connectivity index (χ1v) is 4.69. The number of anilines is 1. The van der Waals surface area contributed by atoms with E-state index in [2.05, 4.69) is 5.10 Å². The number of hydrogen-bond acceptors (Lipinski definition) is 2. The Balaban J connectivity index is 2.68. The highest BCUT2D eigenvalue weighted by atomic mass is 19.3. The molecule has 0 amide bonds. The molecule has 0 saturated carbocycles. The second-order valence-corrected chi connectivity index (χ2v) is 3.60. The third-order valence-corrected chi connectivity index (χ3v) is 2.32. The summed E-state index contributed by atoms with van der Waals surface area (Å²) in [5.74, 6) is -0.772. The molecular formula is C10H10F3N3. The number of hydrogen-bond donors (Lipinski definition) is 1. The molecule has 16 heavy (non-hydrogen) atoms. The summed E-state index contributed by atoms with van der Waals surface area (Å²) < 4.78 is 38.9. The van der Waals surface area contributed by atoms with Gasteiger partial charge in [-0.3, -0.25) is 4.68 Å². The van der Waals surface area contributed by atoms with Crippen LogP contribution in [0.3, 0.4) is 0 Å². The topological polar surface area (TPSA) is 43.8 Å². The molecule has 6 heteroatoms. The lowest BCUT2D eigenvalue weighted by Gasteiger charge is -2.05. The molecule has 0 radical (unpaired) electrons. The van der Waals surface area contributed by atoms with Crippen molar-refractivity contribution in [2.45, 2.75) is 19.9 Å². The molecule has 0 bridgehead atoms. The molecule has 0 fully saturated rings. The van der Waals surface area contributed by atoms with Gasteiger partial charge in [-0.05, 0) is 24.6 Å². The van der Waals surface area contributed by atoms with E-state index < -0.39 is 18.9 Å². The molecule has 1 heterocycles. The van der Waals surface area contributed by atoms with Crippen molar-refractivity contribution in [3.63, 3.8) is 0 Å². The number of halogens is 3. The average molecular weight is 229 g/mol. The van der Waals surface area contributed by atoms with Crippen LogP contribution in [0.15, 0.2) is 12.1 Å². The molecule has 0 aliphatic rings. The fourth-order valence-electron chi connectivity index (χ4n) is 1.78. The highest BCUT2D eigenvalue weighted by Gasteiger charge is 2.15. The van der Waals surface area contributed by atoms with Gasteiger partial charge in [-0.15, -0.1) is 5.10 Å². The minimum Gasteiger partial charge on any atom is -0.399 e. The van der Waals surface area contributed by atoms with Crippen LogP contribution in [-0.2, 0) is 6.54 Å². The molecule has 0 aliphatic carbocycles. The van der Waals surface area contributed by atoms with E-state index in [4.69, 9.17) is 5.73 Å². The van der Waals surface area contributed by atoms with E-state index in [1.165, 1.54) is 6.07 Å². The molecule has 0 saturated heterocycles. The van der Waals surface area contributed by atoms with E-state index in [9.17, 15) is 13.2 Å². The van der Waals surface area contributed by atoms with Crippen molar-refractivity contribution in [1.29, 1.82) is 0 Å². The number of nitrogens with two attached hydrogens (primary N) is 1. The number of alkyl halides is 2. The molecule has 1 aromatic carbocycles. The zero-order chi connectivity index (χ0) is 11.9. The first-order chi connectivity index (χ1) is 7.49. The molecule has 0 atom stereocenters. The second kappa shape index (κ2) is 3.70. The van der Waals surface area contributed by atoms with Gasteiger partial charge >= 0.3 is 0 Å². The van der Waals surface area contributed by atoms with E-state index in [1.54, 1.807) is 13.0 Å². The maximum Gasteiger partial charge on any atom is 0.257 e. The number of nitrogens with zero attached hydrogens (tertiary/aromatic N) is 2. The quantitative estimate of drug-likeness (QED) is 0.803. The highest BCUT2D eigenvalue weighted by molar-refractivity contribution is 5.85.